The van der Waals surface area contributed by atoms with Crippen LogP contribution < -0.4 is 15.4 Å². The number of ether oxygens (including phenoxy) is 1. The van der Waals surface area contributed by atoms with E-state index in [0.717, 1.165) is 11.1 Å². The molecule has 0 saturated carbocycles. The highest BCUT2D eigenvalue weighted by atomic mass is 19.1. The number of nitrogens with zero attached hydrogens (tertiary/aromatic N) is 5. The summed E-state index contributed by atoms with van der Waals surface area (Å²) in [6.07, 6.45) is 6.22. The Balaban J connectivity index is 1.56. The maximum absolute atomic E-state index is 14.6. The quantitative estimate of drug-likeness (QED) is 0.444. The van der Waals surface area contributed by atoms with Crippen molar-refractivity contribution in [3.63, 3.8) is 0 Å². The van der Waals surface area contributed by atoms with E-state index in [9.17, 15) is 9.18 Å². The molecule has 0 fully saturated rings. The van der Waals surface area contributed by atoms with E-state index >= 15 is 0 Å². The lowest BCUT2D eigenvalue weighted by atomic mass is 9.95. The fraction of sp³-hybridized carbons (Fsp3) is 0.217. The van der Waals surface area contributed by atoms with Gasteiger partial charge in [0.25, 0.3) is 5.91 Å². The Bertz CT molecular complexity index is 1300. The molecule has 1 amide bonds. The molecule has 3 heterocycles. The molecule has 10 heteroatoms. The van der Waals surface area contributed by atoms with Crippen LogP contribution in [-0.4, -0.2) is 51.5 Å². The summed E-state index contributed by atoms with van der Waals surface area (Å²) >= 11 is 0. The predicted molar refractivity (Wildman–Crippen MR) is 122 cm³/mol. The second kappa shape index (κ2) is 9.51. The molecule has 0 spiro atoms. The van der Waals surface area contributed by atoms with Crippen molar-refractivity contribution in [1.29, 1.82) is 0 Å². The van der Waals surface area contributed by atoms with E-state index in [1.54, 1.807) is 24.5 Å². The Morgan fingerprint density at radius 2 is 1.91 bits per heavy atom. The molecular weight excluding hydrogens is 425 g/mol. The first-order chi connectivity index (χ1) is 16.0. The van der Waals surface area contributed by atoms with Crippen LogP contribution in [0, 0.1) is 5.82 Å². The van der Waals surface area contributed by atoms with Gasteiger partial charge in [-0.1, -0.05) is 13.0 Å². The SMILES string of the molecule is CNC(=O)c1ccnc2c([C@H](C)CNc3cc(-c4cnc(OC)nc4)ncn3)ccc(F)c12. The smallest absolute Gasteiger partial charge is 0.316 e. The van der Waals surface area contributed by atoms with Gasteiger partial charge in [0.1, 0.15) is 18.0 Å². The molecule has 0 bridgehead atoms. The summed E-state index contributed by atoms with van der Waals surface area (Å²) in [5.41, 5.74) is 2.92. The van der Waals surface area contributed by atoms with E-state index < -0.39 is 5.82 Å². The number of methoxy groups -OCH3 is 1. The minimum Gasteiger partial charge on any atom is -0.467 e. The Morgan fingerprint density at radius 1 is 1.12 bits per heavy atom. The van der Waals surface area contributed by atoms with Gasteiger partial charge in [-0.15, -0.1) is 0 Å². The summed E-state index contributed by atoms with van der Waals surface area (Å²) < 4.78 is 19.6. The van der Waals surface area contributed by atoms with Crippen LogP contribution in [0.3, 0.4) is 0 Å². The number of pyridine rings is 1. The molecule has 3 aromatic heterocycles. The fourth-order valence-corrected chi connectivity index (χ4v) is 3.50. The number of amides is 1. The molecule has 2 N–H and O–H groups in total. The topological polar surface area (TPSA) is 115 Å². The predicted octanol–water partition coefficient (Wildman–Crippen LogP) is 3.20. The maximum Gasteiger partial charge on any atom is 0.316 e. The molecule has 4 rings (SSSR count). The van der Waals surface area contributed by atoms with Gasteiger partial charge in [0, 0.05) is 55.1 Å². The highest BCUT2D eigenvalue weighted by molar-refractivity contribution is 6.06. The minimum absolute atomic E-state index is 0.0525. The number of carbonyl (C=O) groups excluding carboxylic acids is 1. The summed E-state index contributed by atoms with van der Waals surface area (Å²) in [5.74, 6) is -0.278. The molecule has 33 heavy (non-hydrogen) atoms. The summed E-state index contributed by atoms with van der Waals surface area (Å²) in [4.78, 5) is 33.3. The Kier molecular flexibility index (Phi) is 6.34. The first-order valence-electron chi connectivity index (χ1n) is 10.2. The second-order valence-electron chi connectivity index (χ2n) is 7.33. The molecule has 0 radical (unpaired) electrons. The Labute approximate surface area is 189 Å². The number of hydrogen-bond donors (Lipinski definition) is 2. The zero-order chi connectivity index (χ0) is 23.4. The molecule has 4 aromatic rings. The van der Waals surface area contributed by atoms with Crippen molar-refractivity contribution in [2.24, 2.45) is 0 Å². The van der Waals surface area contributed by atoms with Gasteiger partial charge in [0.05, 0.1) is 23.9 Å². The largest absolute Gasteiger partial charge is 0.467 e. The standard InChI is InChI=1S/C23H22FN7O2/c1-13(15-4-5-17(24)20-16(22(32)25-2)6-7-26-21(15)20)9-27-19-8-18(30-12-31-19)14-10-28-23(33-3)29-11-14/h4-8,10-13H,9H2,1-3H3,(H,25,32)(H,27,30,31)/t13-/m1/s1. The third-order valence-electron chi connectivity index (χ3n) is 5.24. The van der Waals surface area contributed by atoms with Crippen LogP contribution in [0.25, 0.3) is 22.2 Å². The second-order valence-corrected chi connectivity index (χ2v) is 7.33. The van der Waals surface area contributed by atoms with Gasteiger partial charge in [0.2, 0.25) is 0 Å². The number of rotatable bonds is 7. The number of carbonyl (C=O) groups is 1. The van der Waals surface area contributed by atoms with Crippen molar-refractivity contribution in [2.75, 3.05) is 26.0 Å². The summed E-state index contributed by atoms with van der Waals surface area (Å²) in [6, 6.07) is 6.66. The zero-order valence-electron chi connectivity index (χ0n) is 18.3. The Morgan fingerprint density at radius 3 is 2.64 bits per heavy atom. The zero-order valence-corrected chi connectivity index (χ0v) is 18.3. The van der Waals surface area contributed by atoms with Gasteiger partial charge in [0.15, 0.2) is 0 Å². The van der Waals surface area contributed by atoms with E-state index in [0.29, 0.717) is 23.6 Å². The van der Waals surface area contributed by atoms with Crippen molar-refractivity contribution in [3.8, 4) is 17.3 Å². The van der Waals surface area contributed by atoms with Crippen LogP contribution in [0.1, 0.15) is 28.8 Å². The van der Waals surface area contributed by atoms with Crippen molar-refractivity contribution in [1.82, 2.24) is 30.2 Å². The number of hydrogen-bond acceptors (Lipinski definition) is 8. The average molecular weight is 447 g/mol. The van der Waals surface area contributed by atoms with Gasteiger partial charge < -0.3 is 15.4 Å². The van der Waals surface area contributed by atoms with E-state index in [1.165, 1.54) is 38.8 Å². The number of nitrogens with one attached hydrogen (secondary N) is 2. The normalized spacial score (nSPS) is 11.8. The van der Waals surface area contributed by atoms with E-state index in [4.69, 9.17) is 4.74 Å². The molecule has 0 saturated heterocycles. The maximum atomic E-state index is 14.6. The third-order valence-corrected chi connectivity index (χ3v) is 5.24. The number of aromatic nitrogens is 5. The lowest BCUT2D eigenvalue weighted by Crippen LogP contribution is -2.19. The van der Waals surface area contributed by atoms with Crippen LogP contribution in [0.4, 0.5) is 10.2 Å². The summed E-state index contributed by atoms with van der Waals surface area (Å²) in [6.45, 7) is 2.50. The van der Waals surface area contributed by atoms with Crippen LogP contribution in [0.5, 0.6) is 6.01 Å². The van der Waals surface area contributed by atoms with Gasteiger partial charge in [-0.2, -0.15) is 0 Å². The van der Waals surface area contributed by atoms with Gasteiger partial charge in [-0.3, -0.25) is 9.78 Å². The highest BCUT2D eigenvalue weighted by Gasteiger charge is 2.18. The first kappa shape index (κ1) is 22.0. The molecule has 0 aliphatic carbocycles. The summed E-state index contributed by atoms with van der Waals surface area (Å²) in [5, 5.41) is 6.04. The van der Waals surface area contributed by atoms with Crippen molar-refractivity contribution >= 4 is 22.6 Å². The van der Waals surface area contributed by atoms with Crippen molar-refractivity contribution < 1.29 is 13.9 Å². The van der Waals surface area contributed by atoms with Gasteiger partial charge in [-0.05, 0) is 17.7 Å². The minimum atomic E-state index is -0.484. The lowest BCUT2D eigenvalue weighted by molar-refractivity contribution is 0.0964. The molecular formula is C23H22FN7O2. The molecule has 1 aromatic carbocycles. The average Bonchev–Trinajstić information content (AvgIpc) is 2.87. The van der Waals surface area contributed by atoms with Crippen LogP contribution >= 0.6 is 0 Å². The van der Waals surface area contributed by atoms with Gasteiger partial charge in [-0.25, -0.2) is 24.3 Å². The lowest BCUT2D eigenvalue weighted by Gasteiger charge is -2.17. The molecule has 9 nitrogen and oxygen atoms in total. The monoisotopic (exact) mass is 447 g/mol. The molecule has 0 unspecified atom stereocenters. The molecule has 0 aliphatic heterocycles. The van der Waals surface area contributed by atoms with Crippen molar-refractivity contribution in [3.05, 3.63) is 66.1 Å². The Hall–Kier alpha value is -4.21. The van der Waals surface area contributed by atoms with E-state index in [-0.39, 0.29) is 28.8 Å². The van der Waals surface area contributed by atoms with Gasteiger partial charge >= 0.3 is 6.01 Å². The molecule has 1 atom stereocenters. The van der Waals surface area contributed by atoms with Crippen molar-refractivity contribution in [2.45, 2.75) is 12.8 Å². The van der Waals surface area contributed by atoms with Crippen LogP contribution in [-0.2, 0) is 0 Å². The van der Waals surface area contributed by atoms with Crippen LogP contribution in [0.2, 0.25) is 0 Å². The van der Waals surface area contributed by atoms with Crippen LogP contribution in [0.15, 0.2) is 49.2 Å². The van der Waals surface area contributed by atoms with E-state index in [2.05, 4.69) is 35.6 Å². The number of halogens is 1. The number of fused-ring (bicyclic) bond motifs is 1. The third kappa shape index (κ3) is 4.54. The number of benzene rings is 1. The summed E-state index contributed by atoms with van der Waals surface area (Å²) in [7, 11) is 3.01. The molecule has 168 valence electrons. The van der Waals surface area contributed by atoms with E-state index in [1.807, 2.05) is 6.92 Å². The molecule has 0 aliphatic rings. The fourth-order valence-electron chi connectivity index (χ4n) is 3.50. The number of anilines is 1. The first-order valence-corrected chi connectivity index (χ1v) is 10.2. The highest BCUT2D eigenvalue weighted by Crippen LogP contribution is 2.29.